The van der Waals surface area contributed by atoms with Gasteiger partial charge in [-0.3, -0.25) is 9.59 Å². The fraction of sp³-hybridized carbons (Fsp3) is 0.368. The summed E-state index contributed by atoms with van der Waals surface area (Å²) in [7, 11) is 0. The van der Waals surface area contributed by atoms with Gasteiger partial charge in [-0.05, 0) is 43.0 Å². The van der Waals surface area contributed by atoms with Crippen molar-refractivity contribution >= 4 is 11.8 Å². The van der Waals surface area contributed by atoms with Crippen LogP contribution in [0.15, 0.2) is 47.6 Å². The van der Waals surface area contributed by atoms with Gasteiger partial charge >= 0.3 is 0 Å². The molecule has 0 radical (unpaired) electrons. The number of benzene rings is 1. The molecule has 1 atom stereocenters. The lowest BCUT2D eigenvalue weighted by molar-refractivity contribution is -0.115. The maximum atomic E-state index is 11.7. The Hall–Kier alpha value is -2.44. The molecule has 25 heavy (non-hydrogen) atoms. The van der Waals surface area contributed by atoms with Gasteiger partial charge in [0.25, 0.3) is 0 Å². The molecule has 1 aliphatic carbocycles. The zero-order valence-corrected chi connectivity index (χ0v) is 14.3. The second kappa shape index (κ2) is 8.09. The van der Waals surface area contributed by atoms with Crippen molar-refractivity contribution in [1.82, 2.24) is 0 Å². The lowest BCUT2D eigenvalue weighted by Crippen LogP contribution is -2.36. The quantitative estimate of drug-likeness (QED) is 0.620. The minimum Gasteiger partial charge on any atom is -0.396 e. The maximum Gasteiger partial charge on any atom is 0.248 e. The minimum atomic E-state index is -0.829. The van der Waals surface area contributed by atoms with Crippen molar-refractivity contribution in [3.05, 3.63) is 58.7 Å². The molecule has 2 rings (SSSR count). The smallest absolute Gasteiger partial charge is 0.248 e. The van der Waals surface area contributed by atoms with E-state index in [4.69, 9.17) is 21.3 Å². The van der Waals surface area contributed by atoms with Gasteiger partial charge in [-0.1, -0.05) is 24.3 Å². The van der Waals surface area contributed by atoms with E-state index >= 15 is 0 Å². The van der Waals surface area contributed by atoms with Gasteiger partial charge in [-0.25, -0.2) is 0 Å². The maximum absolute atomic E-state index is 11.7. The Morgan fingerprint density at radius 3 is 2.36 bits per heavy atom. The van der Waals surface area contributed by atoms with Crippen LogP contribution in [0.5, 0.6) is 0 Å². The van der Waals surface area contributed by atoms with Crippen molar-refractivity contribution < 1.29 is 19.4 Å². The molecule has 134 valence electrons. The van der Waals surface area contributed by atoms with Crippen LogP contribution in [0, 0.1) is 0 Å². The number of allylic oxidation sites excluding steroid dienone is 2. The number of amides is 2. The minimum absolute atomic E-state index is 0.102. The van der Waals surface area contributed by atoms with Gasteiger partial charge in [0.15, 0.2) is 0 Å². The van der Waals surface area contributed by atoms with Crippen molar-refractivity contribution in [2.75, 3.05) is 13.2 Å². The number of ether oxygens (including phenoxy) is 1. The molecule has 0 saturated heterocycles. The van der Waals surface area contributed by atoms with Crippen molar-refractivity contribution in [2.45, 2.75) is 31.8 Å². The molecule has 5 N–H and O–H groups in total. The van der Waals surface area contributed by atoms with E-state index in [9.17, 15) is 9.59 Å². The Bertz CT molecular complexity index is 707. The normalized spacial score (nSPS) is 19.9. The van der Waals surface area contributed by atoms with Gasteiger partial charge < -0.3 is 21.3 Å². The monoisotopic (exact) mass is 344 g/mol. The number of hydrogen-bond donors (Lipinski definition) is 3. The first kappa shape index (κ1) is 18.9. The fourth-order valence-electron chi connectivity index (χ4n) is 2.94. The molecule has 6 nitrogen and oxygen atoms in total. The number of hydrogen-bond acceptors (Lipinski definition) is 4. The van der Waals surface area contributed by atoms with Crippen molar-refractivity contribution in [3.8, 4) is 0 Å². The van der Waals surface area contributed by atoms with Gasteiger partial charge in [0, 0.05) is 30.8 Å². The molecule has 1 unspecified atom stereocenters. The summed E-state index contributed by atoms with van der Waals surface area (Å²) in [5, 5.41) is 8.95. The van der Waals surface area contributed by atoms with Crippen molar-refractivity contribution in [3.63, 3.8) is 0 Å². The topological polar surface area (TPSA) is 116 Å². The van der Waals surface area contributed by atoms with Crippen LogP contribution < -0.4 is 11.5 Å². The van der Waals surface area contributed by atoms with Gasteiger partial charge in [-0.15, -0.1) is 0 Å². The Labute approximate surface area is 147 Å². The van der Waals surface area contributed by atoms with E-state index in [1.54, 1.807) is 30.3 Å². The Kier molecular flexibility index (Phi) is 6.12. The highest BCUT2D eigenvalue weighted by Crippen LogP contribution is 2.42. The number of primary amides is 2. The zero-order valence-electron chi connectivity index (χ0n) is 14.3. The summed E-state index contributed by atoms with van der Waals surface area (Å²) in [4.78, 5) is 23.0. The van der Waals surface area contributed by atoms with Gasteiger partial charge in [0.2, 0.25) is 11.8 Å². The lowest BCUT2D eigenvalue weighted by Gasteiger charge is -2.38. The van der Waals surface area contributed by atoms with E-state index in [0.717, 1.165) is 11.1 Å². The Morgan fingerprint density at radius 2 is 1.80 bits per heavy atom. The standard InChI is InChI=1S/C19H24N2O4/c1-13-4-5-15(18(21)24)12-19(13,25-11-3-2-10-22)16-8-6-14(7-9-16)17(20)23/h4-9,22H,2-3,10-12H2,1H3,(H2,20,23)(H2,21,24). The predicted molar refractivity (Wildman–Crippen MR) is 94.6 cm³/mol. The Morgan fingerprint density at radius 1 is 1.12 bits per heavy atom. The SMILES string of the molecule is CC1=CC=C(C(N)=O)CC1(OCCCCO)c1ccc(C(N)=O)cc1. The third-order valence-corrected chi connectivity index (χ3v) is 4.46. The molecule has 2 amide bonds. The number of aliphatic hydroxyl groups excluding tert-OH is 1. The van der Waals surface area contributed by atoms with Crippen LogP contribution >= 0.6 is 0 Å². The number of aliphatic hydroxyl groups is 1. The third kappa shape index (κ3) is 4.15. The largest absolute Gasteiger partial charge is 0.396 e. The first-order valence-corrected chi connectivity index (χ1v) is 8.23. The van der Waals surface area contributed by atoms with E-state index < -0.39 is 17.4 Å². The molecule has 6 heteroatoms. The van der Waals surface area contributed by atoms with Crippen molar-refractivity contribution in [2.24, 2.45) is 11.5 Å². The molecule has 0 spiro atoms. The average Bonchev–Trinajstić information content (AvgIpc) is 2.60. The molecule has 0 heterocycles. The number of carbonyl (C=O) groups excluding carboxylic acids is 2. The number of unbranched alkanes of at least 4 members (excludes halogenated alkanes) is 1. The highest BCUT2D eigenvalue weighted by molar-refractivity contribution is 5.93. The van der Waals surface area contributed by atoms with Crippen LogP contribution in [0.2, 0.25) is 0 Å². The molecule has 0 bridgehead atoms. The summed E-state index contributed by atoms with van der Waals surface area (Å²) in [6.45, 7) is 2.46. The molecule has 0 fully saturated rings. The molecule has 1 aromatic carbocycles. The number of nitrogens with two attached hydrogens (primary N) is 2. The van der Waals surface area contributed by atoms with Crippen LogP contribution in [0.4, 0.5) is 0 Å². The zero-order chi connectivity index (χ0) is 18.4. The summed E-state index contributed by atoms with van der Waals surface area (Å²) >= 11 is 0. The van der Waals surface area contributed by atoms with Crippen LogP contribution in [-0.2, 0) is 15.1 Å². The van der Waals surface area contributed by atoms with E-state index in [1.165, 1.54) is 0 Å². The van der Waals surface area contributed by atoms with E-state index in [1.807, 2.05) is 13.0 Å². The van der Waals surface area contributed by atoms with Gasteiger partial charge in [0.05, 0.1) is 0 Å². The second-order valence-corrected chi connectivity index (χ2v) is 6.13. The Balaban J connectivity index is 2.38. The molecule has 0 aliphatic heterocycles. The number of rotatable bonds is 8. The first-order valence-electron chi connectivity index (χ1n) is 8.23. The summed E-state index contributed by atoms with van der Waals surface area (Å²) < 4.78 is 6.21. The van der Waals surface area contributed by atoms with E-state index in [2.05, 4.69) is 0 Å². The second-order valence-electron chi connectivity index (χ2n) is 6.13. The summed E-state index contributed by atoms with van der Waals surface area (Å²) in [6, 6.07) is 6.86. The molecule has 1 aromatic rings. The first-order chi connectivity index (χ1) is 11.9. The highest BCUT2D eigenvalue weighted by Gasteiger charge is 2.38. The highest BCUT2D eigenvalue weighted by atomic mass is 16.5. The predicted octanol–water partition coefficient (Wildman–Crippen LogP) is 1.53. The van der Waals surface area contributed by atoms with E-state index in [0.29, 0.717) is 37.0 Å². The number of carbonyl (C=O) groups is 2. The molecular formula is C19H24N2O4. The van der Waals surface area contributed by atoms with Crippen LogP contribution in [0.1, 0.15) is 42.1 Å². The van der Waals surface area contributed by atoms with Crippen LogP contribution in [0.25, 0.3) is 0 Å². The van der Waals surface area contributed by atoms with Gasteiger partial charge in [0.1, 0.15) is 5.60 Å². The molecule has 0 aromatic heterocycles. The van der Waals surface area contributed by atoms with Crippen molar-refractivity contribution in [1.29, 1.82) is 0 Å². The molecule has 0 saturated carbocycles. The summed E-state index contributed by atoms with van der Waals surface area (Å²) in [6.07, 6.45) is 5.20. The summed E-state index contributed by atoms with van der Waals surface area (Å²) in [5.41, 5.74) is 12.6. The van der Waals surface area contributed by atoms with Gasteiger partial charge in [-0.2, -0.15) is 0 Å². The average molecular weight is 344 g/mol. The molecule has 1 aliphatic rings. The van der Waals surface area contributed by atoms with E-state index in [-0.39, 0.29) is 6.61 Å². The summed E-state index contributed by atoms with van der Waals surface area (Å²) in [5.74, 6) is -0.987. The van der Waals surface area contributed by atoms with Crippen LogP contribution in [-0.4, -0.2) is 30.1 Å². The lowest BCUT2D eigenvalue weighted by atomic mass is 9.77. The third-order valence-electron chi connectivity index (χ3n) is 4.46. The van der Waals surface area contributed by atoms with Crippen LogP contribution in [0.3, 0.4) is 0 Å². The fourth-order valence-corrected chi connectivity index (χ4v) is 2.94. The molecular weight excluding hydrogens is 320 g/mol.